The minimum atomic E-state index is -0.941. The van der Waals surface area contributed by atoms with Crippen molar-refractivity contribution in [2.24, 2.45) is 5.92 Å². The van der Waals surface area contributed by atoms with Crippen LogP contribution >= 0.6 is 23.1 Å². The van der Waals surface area contributed by atoms with Crippen LogP contribution in [0.5, 0.6) is 0 Å². The summed E-state index contributed by atoms with van der Waals surface area (Å²) in [6.45, 7) is 3.52. The van der Waals surface area contributed by atoms with Crippen LogP contribution in [0.1, 0.15) is 12.5 Å². The lowest BCUT2D eigenvalue weighted by Gasteiger charge is -2.04. The predicted molar refractivity (Wildman–Crippen MR) is 90.5 cm³/mol. The van der Waals surface area contributed by atoms with E-state index in [1.165, 1.54) is 35.6 Å². The Kier molecular flexibility index (Phi) is 5.47. The summed E-state index contributed by atoms with van der Waals surface area (Å²) in [6.07, 6.45) is 0. The van der Waals surface area contributed by atoms with Gasteiger partial charge in [0.15, 0.2) is 10.1 Å². The maximum atomic E-state index is 11.9. The Morgan fingerprint density at radius 1 is 1.45 bits per heavy atom. The van der Waals surface area contributed by atoms with Crippen LogP contribution in [0.15, 0.2) is 34.0 Å². The third kappa shape index (κ3) is 4.03. The monoisotopic (exact) mass is 329 g/mol. The van der Waals surface area contributed by atoms with Gasteiger partial charge in [0, 0.05) is 16.7 Å². The van der Waals surface area contributed by atoms with Crippen molar-refractivity contribution in [3.8, 4) is 17.3 Å². The second-order valence-electron chi connectivity index (χ2n) is 4.86. The van der Waals surface area contributed by atoms with Crippen LogP contribution in [0, 0.1) is 29.6 Å². The molecule has 2 rings (SSSR count). The highest BCUT2D eigenvalue weighted by Crippen LogP contribution is 2.28. The maximum Gasteiger partial charge on any atom is 0.165 e. The first-order chi connectivity index (χ1) is 10.5. The molecular formula is C16H15N3OS2. The van der Waals surface area contributed by atoms with E-state index in [1.807, 2.05) is 42.6 Å². The number of benzene rings is 1. The van der Waals surface area contributed by atoms with Gasteiger partial charge in [-0.1, -0.05) is 41.6 Å². The van der Waals surface area contributed by atoms with Gasteiger partial charge in [0.2, 0.25) is 0 Å². The number of nitrogens with one attached hydrogen (secondary N) is 1. The first-order valence-electron chi connectivity index (χ1n) is 6.64. The van der Waals surface area contributed by atoms with Gasteiger partial charge < -0.3 is 5.41 Å². The molecule has 1 N–H and O–H groups in total. The highest BCUT2D eigenvalue weighted by atomic mass is 32.2. The van der Waals surface area contributed by atoms with E-state index < -0.39 is 5.92 Å². The number of ketones is 1. The maximum absolute atomic E-state index is 11.9. The molecule has 0 radical (unpaired) electrons. The molecule has 2 aromatic rings. The number of nitrogens with zero attached hydrogens (tertiary/aromatic N) is 2. The van der Waals surface area contributed by atoms with Crippen molar-refractivity contribution < 1.29 is 4.79 Å². The van der Waals surface area contributed by atoms with Crippen LogP contribution in [0.2, 0.25) is 0 Å². The van der Waals surface area contributed by atoms with Gasteiger partial charge in [-0.25, -0.2) is 4.98 Å². The largest absolute Gasteiger partial charge is 0.308 e. The molecule has 1 heterocycles. The smallest absolute Gasteiger partial charge is 0.165 e. The van der Waals surface area contributed by atoms with Gasteiger partial charge in [-0.05, 0) is 13.8 Å². The molecule has 4 nitrogen and oxygen atoms in total. The summed E-state index contributed by atoms with van der Waals surface area (Å²) in [6, 6.07) is 9.99. The summed E-state index contributed by atoms with van der Waals surface area (Å²) in [7, 11) is 0. The molecule has 22 heavy (non-hydrogen) atoms. The van der Waals surface area contributed by atoms with Crippen molar-refractivity contribution in [2.75, 3.05) is 5.75 Å². The number of carbonyl (C=O) groups is 1. The van der Waals surface area contributed by atoms with Crippen LogP contribution in [0.25, 0.3) is 11.3 Å². The summed E-state index contributed by atoms with van der Waals surface area (Å²) < 4.78 is 0.795. The van der Waals surface area contributed by atoms with Gasteiger partial charge in [-0.15, -0.1) is 11.3 Å². The fourth-order valence-electron chi connectivity index (χ4n) is 1.81. The SMILES string of the molecule is CC(=N)[C@H](C#N)C(=O)CSc1nc(-c2ccc(C)cc2)cs1. The number of thioether (sulfide) groups is 1. The van der Waals surface area contributed by atoms with E-state index in [9.17, 15) is 4.79 Å². The molecule has 1 aromatic heterocycles. The number of carbonyl (C=O) groups excluding carboxylic acids is 1. The summed E-state index contributed by atoms with van der Waals surface area (Å²) >= 11 is 2.80. The first kappa shape index (κ1) is 16.4. The van der Waals surface area contributed by atoms with E-state index in [2.05, 4.69) is 4.98 Å². The second kappa shape index (κ2) is 7.34. The molecular weight excluding hydrogens is 314 g/mol. The van der Waals surface area contributed by atoms with Crippen molar-refractivity contribution in [3.05, 3.63) is 35.2 Å². The van der Waals surface area contributed by atoms with Crippen molar-refractivity contribution in [3.63, 3.8) is 0 Å². The molecule has 0 aliphatic rings. The number of aryl methyl sites for hydroxylation is 1. The molecule has 1 atom stereocenters. The molecule has 6 heteroatoms. The normalized spacial score (nSPS) is 11.7. The minimum absolute atomic E-state index is 0.0904. The van der Waals surface area contributed by atoms with Gasteiger partial charge in [0.25, 0.3) is 0 Å². The minimum Gasteiger partial charge on any atom is -0.308 e. The molecule has 0 unspecified atom stereocenters. The topological polar surface area (TPSA) is 77.6 Å². The van der Waals surface area contributed by atoms with Crippen LogP contribution in [-0.2, 0) is 4.79 Å². The quantitative estimate of drug-likeness (QED) is 0.643. The summed E-state index contributed by atoms with van der Waals surface area (Å²) in [5.41, 5.74) is 3.22. The standard InChI is InChI=1S/C16H15N3OS2/c1-10-3-5-12(6-4-10)14-8-21-16(19-14)22-9-15(20)13(7-17)11(2)18/h3-6,8,13,18H,9H2,1-2H3/t13-/m0/s1. The zero-order valence-electron chi connectivity index (χ0n) is 12.3. The van der Waals surface area contributed by atoms with E-state index in [4.69, 9.17) is 10.7 Å². The molecule has 0 saturated heterocycles. The molecule has 112 valence electrons. The van der Waals surface area contributed by atoms with Crippen molar-refractivity contribution >= 4 is 34.6 Å². The fourth-order valence-corrected chi connectivity index (χ4v) is 3.55. The predicted octanol–water partition coefficient (Wildman–Crippen LogP) is 3.96. The van der Waals surface area contributed by atoms with Gasteiger partial charge >= 0.3 is 0 Å². The zero-order chi connectivity index (χ0) is 16.1. The molecule has 1 aromatic carbocycles. The van der Waals surface area contributed by atoms with E-state index in [-0.39, 0.29) is 17.2 Å². The van der Waals surface area contributed by atoms with Crippen molar-refractivity contribution in [2.45, 2.75) is 18.2 Å². The van der Waals surface area contributed by atoms with Gasteiger partial charge in [0.05, 0.1) is 17.5 Å². The van der Waals surface area contributed by atoms with E-state index in [0.29, 0.717) is 0 Å². The average molecular weight is 329 g/mol. The average Bonchev–Trinajstić information content (AvgIpc) is 2.95. The highest BCUT2D eigenvalue weighted by Gasteiger charge is 2.20. The Labute approximate surface area is 137 Å². The number of hydrogen-bond donors (Lipinski definition) is 1. The van der Waals surface area contributed by atoms with E-state index >= 15 is 0 Å². The number of Topliss-reactive ketones (excluding diaryl/α,β-unsaturated/α-hetero) is 1. The first-order valence-corrected chi connectivity index (χ1v) is 8.50. The van der Waals surface area contributed by atoms with Crippen LogP contribution in [-0.4, -0.2) is 22.2 Å². The molecule has 0 saturated carbocycles. The number of rotatable bonds is 6. The van der Waals surface area contributed by atoms with E-state index in [0.717, 1.165) is 15.6 Å². The fraction of sp³-hybridized carbons (Fsp3) is 0.250. The Morgan fingerprint density at radius 3 is 2.73 bits per heavy atom. The van der Waals surface area contributed by atoms with Crippen LogP contribution in [0.4, 0.5) is 0 Å². The van der Waals surface area contributed by atoms with Crippen LogP contribution < -0.4 is 0 Å². The third-order valence-corrected chi connectivity index (χ3v) is 5.10. The van der Waals surface area contributed by atoms with Crippen LogP contribution in [0.3, 0.4) is 0 Å². The van der Waals surface area contributed by atoms with E-state index in [1.54, 1.807) is 0 Å². The van der Waals surface area contributed by atoms with Gasteiger partial charge in [-0.3, -0.25) is 4.79 Å². The highest BCUT2D eigenvalue weighted by molar-refractivity contribution is 8.01. The molecule has 0 aliphatic carbocycles. The van der Waals surface area contributed by atoms with Crippen molar-refractivity contribution in [1.82, 2.24) is 4.98 Å². The van der Waals surface area contributed by atoms with Gasteiger partial charge in [0.1, 0.15) is 5.92 Å². The molecule has 0 amide bonds. The number of aromatic nitrogens is 1. The lowest BCUT2D eigenvalue weighted by atomic mass is 10.0. The Balaban J connectivity index is 2.01. The third-order valence-electron chi connectivity index (χ3n) is 3.05. The Hall–Kier alpha value is -1.97. The summed E-state index contributed by atoms with van der Waals surface area (Å²) in [4.78, 5) is 16.4. The molecule has 0 bridgehead atoms. The zero-order valence-corrected chi connectivity index (χ0v) is 13.9. The number of thiazole rings is 1. The lowest BCUT2D eigenvalue weighted by molar-refractivity contribution is -0.117. The Morgan fingerprint density at radius 2 is 2.14 bits per heavy atom. The Bertz CT molecular complexity index is 729. The second-order valence-corrected chi connectivity index (χ2v) is 6.95. The number of nitriles is 1. The lowest BCUT2D eigenvalue weighted by Crippen LogP contribution is -2.21. The molecule has 0 spiro atoms. The van der Waals surface area contributed by atoms with Gasteiger partial charge in [-0.2, -0.15) is 5.26 Å². The molecule has 0 fully saturated rings. The van der Waals surface area contributed by atoms with Crippen molar-refractivity contribution in [1.29, 1.82) is 10.7 Å². The summed E-state index contributed by atoms with van der Waals surface area (Å²) in [5.74, 6) is -1.02. The molecule has 0 aliphatic heterocycles. The summed E-state index contributed by atoms with van der Waals surface area (Å²) in [5, 5.41) is 18.3. The number of hydrogen-bond acceptors (Lipinski definition) is 6.